The third-order valence-electron chi connectivity index (χ3n) is 3.42. The fourth-order valence-electron chi connectivity index (χ4n) is 2.18. The fourth-order valence-corrected chi connectivity index (χ4v) is 2.85. The van der Waals surface area contributed by atoms with Crippen LogP contribution in [0.15, 0.2) is 71.7 Å². The van der Waals surface area contributed by atoms with Crippen LogP contribution < -0.4 is 4.74 Å². The molecule has 3 aromatic rings. The molecular weight excluding hydrogens is 393 g/mol. The van der Waals surface area contributed by atoms with Crippen molar-refractivity contribution in [2.24, 2.45) is 4.99 Å². The molecule has 0 bridgehead atoms. The number of nitrogens with zero attached hydrogens (tertiary/aromatic N) is 1. The van der Waals surface area contributed by atoms with E-state index in [-0.39, 0.29) is 10.8 Å². The van der Waals surface area contributed by atoms with Gasteiger partial charge in [0.2, 0.25) is 0 Å². The van der Waals surface area contributed by atoms with Gasteiger partial charge in [0, 0.05) is 21.8 Å². The summed E-state index contributed by atoms with van der Waals surface area (Å²) >= 11 is 18.2. The molecule has 0 aliphatic rings. The maximum Gasteiger partial charge on any atom is 0.343 e. The number of carbonyl (C=O) groups excluding carboxylic acids is 1. The number of rotatable bonds is 4. The molecule has 0 amide bonds. The van der Waals surface area contributed by atoms with Crippen molar-refractivity contribution in [1.29, 1.82) is 0 Å². The number of ether oxygens (including phenoxy) is 1. The lowest BCUT2D eigenvalue weighted by Gasteiger charge is -2.10. The van der Waals surface area contributed by atoms with Crippen molar-refractivity contribution < 1.29 is 9.53 Å². The van der Waals surface area contributed by atoms with Crippen LogP contribution in [0.4, 0.5) is 5.69 Å². The van der Waals surface area contributed by atoms with Crippen LogP contribution in [0.3, 0.4) is 0 Å². The minimum absolute atomic E-state index is 0.197. The summed E-state index contributed by atoms with van der Waals surface area (Å²) in [4.78, 5) is 16.7. The van der Waals surface area contributed by atoms with Crippen molar-refractivity contribution in [3.05, 3.63) is 92.9 Å². The molecular formula is C20H12Cl3NO2. The average molecular weight is 405 g/mol. The van der Waals surface area contributed by atoms with Crippen LogP contribution in [0.25, 0.3) is 0 Å². The topological polar surface area (TPSA) is 38.7 Å². The molecule has 0 heterocycles. The molecule has 26 heavy (non-hydrogen) atoms. The van der Waals surface area contributed by atoms with E-state index in [1.54, 1.807) is 54.6 Å². The van der Waals surface area contributed by atoms with Gasteiger partial charge in [-0.05, 0) is 48.5 Å². The fraction of sp³-hybridized carbons (Fsp3) is 0. The van der Waals surface area contributed by atoms with Crippen molar-refractivity contribution in [3.63, 3.8) is 0 Å². The van der Waals surface area contributed by atoms with E-state index in [1.807, 2.05) is 6.07 Å². The smallest absolute Gasteiger partial charge is 0.343 e. The van der Waals surface area contributed by atoms with Gasteiger partial charge in [0.15, 0.2) is 5.75 Å². The molecule has 0 N–H and O–H groups in total. The molecule has 6 heteroatoms. The first-order valence-corrected chi connectivity index (χ1v) is 8.72. The highest BCUT2D eigenvalue weighted by Crippen LogP contribution is 2.32. The second-order valence-corrected chi connectivity index (χ2v) is 6.58. The van der Waals surface area contributed by atoms with Crippen molar-refractivity contribution in [1.82, 2.24) is 0 Å². The molecule has 0 atom stereocenters. The van der Waals surface area contributed by atoms with Crippen molar-refractivity contribution in [2.45, 2.75) is 0 Å². The number of aliphatic imine (C=N–C) groups is 1. The van der Waals surface area contributed by atoms with Gasteiger partial charge in [0.05, 0.1) is 16.3 Å². The zero-order valence-electron chi connectivity index (χ0n) is 13.3. The van der Waals surface area contributed by atoms with Gasteiger partial charge in [-0.3, -0.25) is 4.99 Å². The summed E-state index contributed by atoms with van der Waals surface area (Å²) in [5.74, 6) is -0.321. The Morgan fingerprint density at radius 3 is 2.27 bits per heavy atom. The minimum atomic E-state index is -0.518. The summed E-state index contributed by atoms with van der Waals surface area (Å²) in [5.41, 5.74) is 1.59. The average Bonchev–Trinajstić information content (AvgIpc) is 2.64. The molecule has 0 spiro atoms. The highest BCUT2D eigenvalue weighted by Gasteiger charge is 2.15. The summed E-state index contributed by atoms with van der Waals surface area (Å²) in [5, 5.41) is 1.25. The Morgan fingerprint density at radius 2 is 1.58 bits per heavy atom. The van der Waals surface area contributed by atoms with Crippen LogP contribution in [0.2, 0.25) is 15.1 Å². The molecule has 0 fully saturated rings. The lowest BCUT2D eigenvalue weighted by molar-refractivity contribution is 0.0734. The summed E-state index contributed by atoms with van der Waals surface area (Å²) in [6.07, 6.45) is 1.54. The highest BCUT2D eigenvalue weighted by atomic mass is 35.5. The van der Waals surface area contributed by atoms with E-state index in [4.69, 9.17) is 39.5 Å². The Balaban J connectivity index is 1.92. The van der Waals surface area contributed by atoms with E-state index >= 15 is 0 Å². The normalized spacial score (nSPS) is 10.9. The molecule has 0 unspecified atom stereocenters. The Bertz CT molecular complexity index is 955. The van der Waals surface area contributed by atoms with Gasteiger partial charge >= 0.3 is 5.97 Å². The van der Waals surface area contributed by atoms with Crippen molar-refractivity contribution >= 4 is 52.7 Å². The summed E-state index contributed by atoms with van der Waals surface area (Å²) in [7, 11) is 0. The lowest BCUT2D eigenvalue weighted by atomic mass is 10.2. The van der Waals surface area contributed by atoms with Gasteiger partial charge in [0.25, 0.3) is 0 Å². The van der Waals surface area contributed by atoms with Gasteiger partial charge in [0.1, 0.15) is 0 Å². The first-order valence-electron chi connectivity index (χ1n) is 7.59. The predicted molar refractivity (Wildman–Crippen MR) is 107 cm³/mol. The summed E-state index contributed by atoms with van der Waals surface area (Å²) in [6, 6.07) is 18.8. The molecule has 0 radical (unpaired) electrons. The zero-order chi connectivity index (χ0) is 18.5. The van der Waals surface area contributed by atoms with Gasteiger partial charge < -0.3 is 4.74 Å². The quantitative estimate of drug-likeness (QED) is 0.278. The maximum absolute atomic E-state index is 12.3. The van der Waals surface area contributed by atoms with Crippen molar-refractivity contribution in [3.8, 4) is 5.75 Å². The van der Waals surface area contributed by atoms with Crippen LogP contribution in [0.1, 0.15) is 15.9 Å². The van der Waals surface area contributed by atoms with Crippen LogP contribution in [-0.4, -0.2) is 12.2 Å². The second kappa shape index (κ2) is 8.37. The SMILES string of the molecule is O=C(Oc1c(Cl)cc(Cl)cc1C=Nc1ccc(Cl)cc1)c1ccccc1. The molecule has 0 saturated heterocycles. The highest BCUT2D eigenvalue weighted by molar-refractivity contribution is 6.36. The number of halogens is 3. The van der Waals surface area contributed by atoms with E-state index in [2.05, 4.69) is 4.99 Å². The van der Waals surface area contributed by atoms with E-state index < -0.39 is 5.97 Å². The Morgan fingerprint density at radius 1 is 0.885 bits per heavy atom. The maximum atomic E-state index is 12.3. The number of carbonyl (C=O) groups is 1. The van der Waals surface area contributed by atoms with Crippen LogP contribution >= 0.6 is 34.8 Å². The van der Waals surface area contributed by atoms with Crippen LogP contribution in [-0.2, 0) is 0 Å². The van der Waals surface area contributed by atoms with Gasteiger partial charge in [-0.2, -0.15) is 0 Å². The van der Waals surface area contributed by atoms with Gasteiger partial charge in [-0.15, -0.1) is 0 Å². The standard InChI is InChI=1S/C20H12Cl3NO2/c21-15-6-8-17(9-7-15)24-12-14-10-16(22)11-18(23)19(14)26-20(25)13-4-2-1-3-5-13/h1-12H. The third-order valence-corrected chi connectivity index (χ3v) is 4.17. The first-order chi connectivity index (χ1) is 12.5. The number of benzene rings is 3. The molecule has 0 aromatic heterocycles. The molecule has 0 aliphatic heterocycles. The van der Waals surface area contributed by atoms with E-state index in [0.29, 0.717) is 26.9 Å². The molecule has 3 aromatic carbocycles. The third kappa shape index (κ3) is 4.64. The van der Waals surface area contributed by atoms with Gasteiger partial charge in [-0.25, -0.2) is 4.79 Å². The van der Waals surface area contributed by atoms with Crippen LogP contribution in [0, 0.1) is 0 Å². The largest absolute Gasteiger partial charge is 0.421 e. The molecule has 0 aliphatic carbocycles. The molecule has 130 valence electrons. The summed E-state index contributed by atoms with van der Waals surface area (Å²) < 4.78 is 5.48. The molecule has 3 nitrogen and oxygen atoms in total. The van der Waals surface area contributed by atoms with Crippen LogP contribution in [0.5, 0.6) is 5.75 Å². The van der Waals surface area contributed by atoms with Gasteiger partial charge in [-0.1, -0.05) is 53.0 Å². The number of hydrogen-bond acceptors (Lipinski definition) is 3. The second-order valence-electron chi connectivity index (χ2n) is 5.30. The van der Waals surface area contributed by atoms with E-state index in [9.17, 15) is 4.79 Å². The predicted octanol–water partition coefficient (Wildman–Crippen LogP) is 6.62. The Kier molecular flexibility index (Phi) is 5.94. The van der Waals surface area contributed by atoms with Crippen molar-refractivity contribution in [2.75, 3.05) is 0 Å². The Labute approximate surface area is 165 Å². The minimum Gasteiger partial charge on any atom is -0.421 e. The first kappa shape index (κ1) is 18.5. The molecule has 0 saturated carbocycles. The lowest BCUT2D eigenvalue weighted by Crippen LogP contribution is -2.10. The van der Waals surface area contributed by atoms with E-state index in [1.165, 1.54) is 12.3 Å². The number of hydrogen-bond donors (Lipinski definition) is 0. The zero-order valence-corrected chi connectivity index (χ0v) is 15.6. The summed E-state index contributed by atoms with van der Waals surface area (Å²) in [6.45, 7) is 0. The van der Waals surface area contributed by atoms with E-state index in [0.717, 1.165) is 0 Å². The monoisotopic (exact) mass is 403 g/mol. The number of esters is 1. The molecule has 3 rings (SSSR count). The Hall–Kier alpha value is -2.33.